The minimum Gasteiger partial charge on any atom is -0.366 e. The topological polar surface area (TPSA) is 132 Å². The highest BCUT2D eigenvalue weighted by atomic mass is 16.2. The van der Waals surface area contributed by atoms with Gasteiger partial charge in [-0.15, -0.1) is 0 Å². The molecule has 0 atom stereocenters. The maximum absolute atomic E-state index is 13.3. The Morgan fingerprint density at radius 1 is 0.833 bits per heavy atom. The number of hydrogen-bond acceptors (Lipinski definition) is 6. The van der Waals surface area contributed by atoms with Crippen molar-refractivity contribution in [2.75, 3.05) is 36.4 Å². The SMILES string of the molecule is Cc1cccc(C(=O)Nc2cc(C(=O)NC3CCC(N)CC3)ccc2N2CCN(C(=O)c3ccc(C#N)cc3)CC2)c1. The molecule has 0 radical (unpaired) electrons. The summed E-state index contributed by atoms with van der Waals surface area (Å²) in [6, 6.07) is 21.8. The Labute approximate surface area is 246 Å². The second kappa shape index (κ2) is 12.9. The second-order valence-corrected chi connectivity index (χ2v) is 11.1. The predicted molar refractivity (Wildman–Crippen MR) is 163 cm³/mol. The number of carbonyl (C=O) groups excluding carboxylic acids is 3. The molecule has 1 saturated heterocycles. The van der Waals surface area contributed by atoms with Crippen LogP contribution in [0, 0.1) is 18.3 Å². The van der Waals surface area contributed by atoms with Gasteiger partial charge in [0, 0.05) is 55.0 Å². The highest BCUT2D eigenvalue weighted by molar-refractivity contribution is 6.07. The van der Waals surface area contributed by atoms with Crippen molar-refractivity contribution in [3.05, 3.63) is 94.5 Å². The van der Waals surface area contributed by atoms with Gasteiger partial charge >= 0.3 is 0 Å². The molecular weight excluding hydrogens is 528 g/mol. The number of amides is 3. The van der Waals surface area contributed by atoms with Gasteiger partial charge < -0.3 is 26.2 Å². The van der Waals surface area contributed by atoms with E-state index < -0.39 is 0 Å². The lowest BCUT2D eigenvalue weighted by Crippen LogP contribution is -2.49. The first-order valence-corrected chi connectivity index (χ1v) is 14.4. The van der Waals surface area contributed by atoms with Gasteiger partial charge in [0.25, 0.3) is 17.7 Å². The van der Waals surface area contributed by atoms with E-state index in [-0.39, 0.29) is 29.8 Å². The fraction of sp³-hybridized carbons (Fsp3) is 0.333. The molecule has 1 saturated carbocycles. The monoisotopic (exact) mass is 564 g/mol. The van der Waals surface area contributed by atoms with E-state index in [4.69, 9.17) is 11.0 Å². The van der Waals surface area contributed by atoms with Crippen LogP contribution < -0.4 is 21.3 Å². The van der Waals surface area contributed by atoms with Crippen molar-refractivity contribution in [1.29, 1.82) is 5.26 Å². The fourth-order valence-electron chi connectivity index (χ4n) is 5.59. The molecule has 0 spiro atoms. The Morgan fingerprint density at radius 2 is 1.50 bits per heavy atom. The molecule has 3 aromatic carbocycles. The zero-order valence-corrected chi connectivity index (χ0v) is 23.8. The van der Waals surface area contributed by atoms with Gasteiger partial charge in [0.15, 0.2) is 0 Å². The third-order valence-electron chi connectivity index (χ3n) is 8.06. The van der Waals surface area contributed by atoms with Gasteiger partial charge in [-0.1, -0.05) is 17.7 Å². The lowest BCUT2D eigenvalue weighted by Gasteiger charge is -2.37. The highest BCUT2D eigenvalue weighted by Crippen LogP contribution is 2.30. The minimum atomic E-state index is -0.256. The van der Waals surface area contributed by atoms with Gasteiger partial charge in [-0.05, 0) is 87.2 Å². The Hall–Kier alpha value is -4.68. The fourth-order valence-corrected chi connectivity index (χ4v) is 5.59. The third-order valence-corrected chi connectivity index (χ3v) is 8.06. The van der Waals surface area contributed by atoms with Crippen LogP contribution in [0.5, 0.6) is 0 Å². The molecule has 0 aromatic heterocycles. The first-order valence-electron chi connectivity index (χ1n) is 14.4. The standard InChI is InChI=1S/C33H36N6O3/c1-22-3-2-4-25(19-22)32(41)37-29-20-26(31(40)36-28-12-10-27(35)11-13-28)9-14-30(29)38-15-17-39(18-16-38)33(42)24-7-5-23(21-34)6-8-24/h2-9,14,19-20,27-28H,10-13,15-18,35H2,1H3,(H,36,40)(H,37,41). The number of rotatable bonds is 6. The van der Waals surface area contributed by atoms with Crippen molar-refractivity contribution in [3.8, 4) is 6.07 Å². The summed E-state index contributed by atoms with van der Waals surface area (Å²) < 4.78 is 0. The van der Waals surface area contributed by atoms with Gasteiger partial charge in [-0.2, -0.15) is 5.26 Å². The zero-order chi connectivity index (χ0) is 29.6. The summed E-state index contributed by atoms with van der Waals surface area (Å²) in [5.41, 5.74) is 10.4. The van der Waals surface area contributed by atoms with Crippen LogP contribution in [0.4, 0.5) is 11.4 Å². The summed E-state index contributed by atoms with van der Waals surface area (Å²) >= 11 is 0. The van der Waals surface area contributed by atoms with Crippen molar-refractivity contribution in [2.24, 2.45) is 5.73 Å². The van der Waals surface area contributed by atoms with Crippen LogP contribution in [0.2, 0.25) is 0 Å². The third kappa shape index (κ3) is 6.78. The van der Waals surface area contributed by atoms with Gasteiger partial charge in [0.05, 0.1) is 23.0 Å². The number of aryl methyl sites for hydroxylation is 1. The average Bonchev–Trinajstić information content (AvgIpc) is 3.02. The normalized spacial score (nSPS) is 18.6. The van der Waals surface area contributed by atoms with Gasteiger partial charge in [-0.25, -0.2) is 0 Å². The van der Waals surface area contributed by atoms with Crippen LogP contribution >= 0.6 is 0 Å². The summed E-state index contributed by atoms with van der Waals surface area (Å²) in [6.45, 7) is 4.04. The van der Waals surface area contributed by atoms with E-state index >= 15 is 0 Å². The van der Waals surface area contributed by atoms with Crippen LogP contribution in [0.3, 0.4) is 0 Å². The molecule has 3 amide bonds. The molecule has 0 unspecified atom stereocenters. The Morgan fingerprint density at radius 3 is 2.17 bits per heavy atom. The minimum absolute atomic E-state index is 0.0807. The summed E-state index contributed by atoms with van der Waals surface area (Å²) in [7, 11) is 0. The van der Waals surface area contributed by atoms with E-state index in [9.17, 15) is 14.4 Å². The highest BCUT2D eigenvalue weighted by Gasteiger charge is 2.26. The molecule has 216 valence electrons. The molecule has 1 heterocycles. The van der Waals surface area contributed by atoms with E-state index in [1.54, 1.807) is 47.4 Å². The van der Waals surface area contributed by atoms with Gasteiger partial charge in [0.1, 0.15) is 0 Å². The van der Waals surface area contributed by atoms with Crippen molar-refractivity contribution in [3.63, 3.8) is 0 Å². The largest absolute Gasteiger partial charge is 0.366 e. The number of benzene rings is 3. The summed E-state index contributed by atoms with van der Waals surface area (Å²) in [5.74, 6) is -0.512. The first kappa shape index (κ1) is 28.8. The quantitative estimate of drug-likeness (QED) is 0.414. The number of carbonyl (C=O) groups is 3. The molecule has 2 aliphatic rings. The first-order chi connectivity index (χ1) is 20.3. The maximum Gasteiger partial charge on any atom is 0.255 e. The molecule has 3 aromatic rings. The van der Waals surface area contributed by atoms with E-state index in [0.29, 0.717) is 54.1 Å². The van der Waals surface area contributed by atoms with E-state index in [1.165, 1.54) is 0 Å². The van der Waals surface area contributed by atoms with Crippen molar-refractivity contribution < 1.29 is 14.4 Å². The number of piperazine rings is 1. The number of hydrogen-bond donors (Lipinski definition) is 3. The van der Waals surface area contributed by atoms with Gasteiger partial charge in [-0.3, -0.25) is 14.4 Å². The lowest BCUT2D eigenvalue weighted by molar-refractivity contribution is 0.0746. The summed E-state index contributed by atoms with van der Waals surface area (Å²) in [4.78, 5) is 43.4. The van der Waals surface area contributed by atoms with Crippen molar-refractivity contribution in [1.82, 2.24) is 10.2 Å². The van der Waals surface area contributed by atoms with E-state index in [0.717, 1.165) is 36.9 Å². The van der Waals surface area contributed by atoms with Crippen LogP contribution in [0.25, 0.3) is 0 Å². The number of nitrogens with zero attached hydrogens (tertiary/aromatic N) is 3. The predicted octanol–water partition coefficient (Wildman–Crippen LogP) is 4.08. The molecule has 42 heavy (non-hydrogen) atoms. The van der Waals surface area contributed by atoms with Crippen LogP contribution in [-0.4, -0.2) is 60.9 Å². The number of nitriles is 1. The van der Waals surface area contributed by atoms with Crippen LogP contribution in [0.15, 0.2) is 66.7 Å². The maximum atomic E-state index is 13.3. The van der Waals surface area contributed by atoms with Crippen molar-refractivity contribution >= 4 is 29.1 Å². The average molecular weight is 565 g/mol. The molecule has 9 heteroatoms. The Balaban J connectivity index is 1.33. The number of nitrogens with one attached hydrogen (secondary N) is 2. The van der Waals surface area contributed by atoms with Crippen LogP contribution in [0.1, 0.15) is 67.9 Å². The molecule has 0 bridgehead atoms. The molecule has 2 fully saturated rings. The van der Waals surface area contributed by atoms with Crippen LogP contribution in [-0.2, 0) is 0 Å². The zero-order valence-electron chi connectivity index (χ0n) is 23.8. The van der Waals surface area contributed by atoms with Crippen molar-refractivity contribution in [2.45, 2.75) is 44.7 Å². The summed E-state index contributed by atoms with van der Waals surface area (Å²) in [6.07, 6.45) is 3.49. The van der Waals surface area contributed by atoms with E-state index in [2.05, 4.69) is 21.6 Å². The molecule has 1 aliphatic heterocycles. The summed E-state index contributed by atoms with van der Waals surface area (Å²) in [5, 5.41) is 15.2. The lowest BCUT2D eigenvalue weighted by atomic mass is 9.91. The molecule has 5 rings (SSSR count). The Bertz CT molecular complexity index is 1500. The second-order valence-electron chi connectivity index (χ2n) is 11.1. The molecule has 9 nitrogen and oxygen atoms in total. The molecule has 1 aliphatic carbocycles. The molecule has 4 N–H and O–H groups in total. The Kier molecular flexibility index (Phi) is 8.84. The van der Waals surface area contributed by atoms with Gasteiger partial charge in [0.2, 0.25) is 0 Å². The number of nitrogens with two attached hydrogens (primary N) is 1. The number of anilines is 2. The molecular formula is C33H36N6O3. The van der Waals surface area contributed by atoms with E-state index in [1.807, 2.05) is 31.2 Å². The smallest absolute Gasteiger partial charge is 0.255 e.